The van der Waals surface area contributed by atoms with Crippen molar-refractivity contribution in [2.75, 3.05) is 32.8 Å². The van der Waals surface area contributed by atoms with Crippen molar-refractivity contribution in [3.05, 3.63) is 34.6 Å². The lowest BCUT2D eigenvalue weighted by Gasteiger charge is -2.43. The van der Waals surface area contributed by atoms with Crippen LogP contribution in [0.3, 0.4) is 0 Å². The molecular formula is C15H18FN3O. The summed E-state index contributed by atoms with van der Waals surface area (Å²) < 4.78 is 19.5. The van der Waals surface area contributed by atoms with E-state index in [2.05, 4.69) is 10.2 Å². The summed E-state index contributed by atoms with van der Waals surface area (Å²) >= 11 is 0. The summed E-state index contributed by atoms with van der Waals surface area (Å²) in [4.78, 5) is 2.42. The largest absolute Gasteiger partial charge is 0.370 e. The molecule has 20 heavy (non-hydrogen) atoms. The summed E-state index contributed by atoms with van der Waals surface area (Å²) in [7, 11) is 0. The Morgan fingerprint density at radius 1 is 1.50 bits per heavy atom. The normalized spacial score (nSPS) is 26.9. The van der Waals surface area contributed by atoms with Crippen LogP contribution in [0.1, 0.15) is 22.8 Å². The van der Waals surface area contributed by atoms with Gasteiger partial charge in [0, 0.05) is 32.2 Å². The van der Waals surface area contributed by atoms with E-state index in [4.69, 9.17) is 10.00 Å². The predicted octanol–water partition coefficient (Wildman–Crippen LogP) is 1.35. The summed E-state index contributed by atoms with van der Waals surface area (Å²) in [6, 6.07) is 5.49. The molecule has 2 saturated heterocycles. The second kappa shape index (κ2) is 5.49. The summed E-state index contributed by atoms with van der Waals surface area (Å²) in [5.41, 5.74) is 1.76. The third kappa shape index (κ3) is 2.31. The minimum Gasteiger partial charge on any atom is -0.370 e. The van der Waals surface area contributed by atoms with Crippen LogP contribution in [-0.2, 0) is 4.74 Å². The highest BCUT2D eigenvalue weighted by Gasteiger charge is 2.32. The second-order valence-corrected chi connectivity index (χ2v) is 5.42. The molecule has 1 aromatic rings. The number of halogens is 1. The highest BCUT2D eigenvalue weighted by molar-refractivity contribution is 5.44. The van der Waals surface area contributed by atoms with Gasteiger partial charge in [-0.2, -0.15) is 5.26 Å². The fourth-order valence-corrected chi connectivity index (χ4v) is 3.07. The number of ether oxygens (including phenoxy) is 1. The topological polar surface area (TPSA) is 48.3 Å². The van der Waals surface area contributed by atoms with Gasteiger partial charge in [0.05, 0.1) is 18.3 Å². The van der Waals surface area contributed by atoms with Crippen molar-refractivity contribution >= 4 is 0 Å². The molecule has 106 valence electrons. The number of rotatable bonds is 1. The Morgan fingerprint density at radius 2 is 2.35 bits per heavy atom. The number of morpholine rings is 1. The molecule has 3 rings (SSSR count). The molecule has 5 heteroatoms. The Balaban J connectivity index is 1.85. The summed E-state index contributed by atoms with van der Waals surface area (Å²) in [6.45, 7) is 6.24. The minimum absolute atomic E-state index is 0.0722. The summed E-state index contributed by atoms with van der Waals surface area (Å²) in [6.07, 6.45) is -0.0722. The van der Waals surface area contributed by atoms with Crippen LogP contribution in [0.25, 0.3) is 0 Å². The van der Waals surface area contributed by atoms with Crippen molar-refractivity contribution in [1.29, 1.82) is 5.26 Å². The highest BCUT2D eigenvalue weighted by Crippen LogP contribution is 2.29. The van der Waals surface area contributed by atoms with Crippen molar-refractivity contribution in [2.24, 2.45) is 0 Å². The van der Waals surface area contributed by atoms with Crippen LogP contribution in [0, 0.1) is 24.1 Å². The highest BCUT2D eigenvalue weighted by atomic mass is 19.1. The third-order valence-corrected chi connectivity index (χ3v) is 4.28. The zero-order chi connectivity index (χ0) is 14.1. The molecule has 2 aliphatic heterocycles. The lowest BCUT2D eigenvalue weighted by molar-refractivity contribution is -0.0720. The van der Waals surface area contributed by atoms with E-state index in [1.54, 1.807) is 13.0 Å². The quantitative estimate of drug-likeness (QED) is 0.840. The molecule has 0 saturated carbocycles. The van der Waals surface area contributed by atoms with Crippen LogP contribution in [0.2, 0.25) is 0 Å². The number of hydrogen-bond acceptors (Lipinski definition) is 4. The average Bonchev–Trinajstić information content (AvgIpc) is 2.47. The van der Waals surface area contributed by atoms with Gasteiger partial charge in [0.1, 0.15) is 11.9 Å². The molecular weight excluding hydrogens is 257 g/mol. The average molecular weight is 275 g/mol. The Labute approximate surface area is 118 Å². The van der Waals surface area contributed by atoms with Crippen molar-refractivity contribution in [1.82, 2.24) is 10.2 Å². The molecule has 0 radical (unpaired) electrons. The van der Waals surface area contributed by atoms with Crippen LogP contribution in [0.15, 0.2) is 12.1 Å². The number of nitrogens with one attached hydrogen (secondary N) is 1. The maximum Gasteiger partial charge on any atom is 0.141 e. The van der Waals surface area contributed by atoms with Gasteiger partial charge in [0.2, 0.25) is 0 Å². The van der Waals surface area contributed by atoms with E-state index in [-0.39, 0.29) is 11.7 Å². The minimum atomic E-state index is -0.454. The zero-order valence-corrected chi connectivity index (χ0v) is 11.5. The van der Waals surface area contributed by atoms with Gasteiger partial charge in [-0.05, 0) is 24.1 Å². The molecule has 0 spiro atoms. The van der Waals surface area contributed by atoms with Gasteiger partial charge in [-0.25, -0.2) is 4.39 Å². The van der Waals surface area contributed by atoms with E-state index < -0.39 is 5.82 Å². The number of benzene rings is 1. The van der Waals surface area contributed by atoms with Crippen LogP contribution < -0.4 is 5.32 Å². The number of piperazine rings is 1. The molecule has 1 N–H and O–H groups in total. The Morgan fingerprint density at radius 3 is 3.15 bits per heavy atom. The summed E-state index contributed by atoms with van der Waals surface area (Å²) in [5, 5.41) is 12.4. The fourth-order valence-electron chi connectivity index (χ4n) is 3.07. The standard InChI is InChI=1S/C15H18FN3O/c1-10-12(2-3-14(16)13(10)6-17)15-8-19-5-4-18-7-11(19)9-20-15/h2-3,11,15,18H,4-5,7-9H2,1H3/t11?,15-/m0/s1. The molecule has 4 nitrogen and oxygen atoms in total. The van der Waals surface area contributed by atoms with Crippen LogP contribution >= 0.6 is 0 Å². The first-order chi connectivity index (χ1) is 9.70. The van der Waals surface area contributed by atoms with Gasteiger partial charge in [0.15, 0.2) is 0 Å². The summed E-state index contributed by atoms with van der Waals surface area (Å²) in [5.74, 6) is -0.454. The van der Waals surface area contributed by atoms with Gasteiger partial charge in [0.25, 0.3) is 0 Å². The molecule has 1 unspecified atom stereocenters. The SMILES string of the molecule is Cc1c([C@@H]2CN3CCNCC3CO2)ccc(F)c1C#N. The maximum atomic E-state index is 13.6. The van der Waals surface area contributed by atoms with E-state index in [1.165, 1.54) is 6.07 Å². The molecule has 1 aromatic carbocycles. The molecule has 0 aromatic heterocycles. The van der Waals surface area contributed by atoms with Gasteiger partial charge in [-0.1, -0.05) is 6.07 Å². The monoisotopic (exact) mass is 275 g/mol. The molecule has 2 heterocycles. The Hall–Kier alpha value is -1.48. The Bertz CT molecular complexity index is 555. The smallest absolute Gasteiger partial charge is 0.141 e. The number of hydrogen-bond donors (Lipinski definition) is 1. The van der Waals surface area contributed by atoms with Crippen molar-refractivity contribution < 1.29 is 9.13 Å². The number of nitriles is 1. The molecule has 0 amide bonds. The van der Waals surface area contributed by atoms with Gasteiger partial charge in [-0.15, -0.1) is 0 Å². The van der Waals surface area contributed by atoms with E-state index in [0.717, 1.165) is 31.7 Å². The third-order valence-electron chi connectivity index (χ3n) is 4.28. The van der Waals surface area contributed by atoms with Crippen molar-refractivity contribution in [2.45, 2.75) is 19.1 Å². The van der Waals surface area contributed by atoms with Crippen LogP contribution in [0.4, 0.5) is 4.39 Å². The van der Waals surface area contributed by atoms with Crippen LogP contribution in [0.5, 0.6) is 0 Å². The zero-order valence-electron chi connectivity index (χ0n) is 11.5. The lowest BCUT2D eigenvalue weighted by atomic mass is 9.96. The van der Waals surface area contributed by atoms with E-state index in [1.807, 2.05) is 6.07 Å². The maximum absolute atomic E-state index is 13.6. The molecule has 0 bridgehead atoms. The van der Waals surface area contributed by atoms with Crippen molar-refractivity contribution in [3.8, 4) is 6.07 Å². The number of fused-ring (bicyclic) bond motifs is 1. The Kier molecular flexibility index (Phi) is 3.70. The van der Waals surface area contributed by atoms with Gasteiger partial charge >= 0.3 is 0 Å². The first-order valence-corrected chi connectivity index (χ1v) is 6.96. The number of nitrogens with zero attached hydrogens (tertiary/aromatic N) is 2. The van der Waals surface area contributed by atoms with Crippen LogP contribution in [-0.4, -0.2) is 43.7 Å². The van der Waals surface area contributed by atoms with E-state index in [0.29, 0.717) is 18.2 Å². The first kappa shape index (κ1) is 13.5. The van der Waals surface area contributed by atoms with Crippen molar-refractivity contribution in [3.63, 3.8) is 0 Å². The molecule has 2 aliphatic rings. The van der Waals surface area contributed by atoms with Gasteiger partial charge < -0.3 is 10.1 Å². The second-order valence-electron chi connectivity index (χ2n) is 5.42. The fraction of sp³-hybridized carbons (Fsp3) is 0.533. The molecule has 0 aliphatic carbocycles. The first-order valence-electron chi connectivity index (χ1n) is 6.96. The lowest BCUT2D eigenvalue weighted by Crippen LogP contribution is -2.57. The molecule has 2 fully saturated rings. The van der Waals surface area contributed by atoms with E-state index in [9.17, 15) is 4.39 Å². The molecule has 2 atom stereocenters. The predicted molar refractivity (Wildman–Crippen MR) is 72.8 cm³/mol. The van der Waals surface area contributed by atoms with E-state index >= 15 is 0 Å². The van der Waals surface area contributed by atoms with Gasteiger partial charge in [-0.3, -0.25) is 4.90 Å².